The molecule has 40 heavy (non-hydrogen) atoms. The summed E-state index contributed by atoms with van der Waals surface area (Å²) in [6.07, 6.45) is 0. The van der Waals surface area contributed by atoms with Gasteiger partial charge < -0.3 is 18.9 Å². The predicted molar refractivity (Wildman–Crippen MR) is 153 cm³/mol. The van der Waals surface area contributed by atoms with Crippen LogP contribution in [0.2, 0.25) is 0 Å². The van der Waals surface area contributed by atoms with Crippen LogP contribution in [0.5, 0.6) is 23.8 Å². The van der Waals surface area contributed by atoms with Crippen LogP contribution in [-0.2, 0) is 0 Å². The summed E-state index contributed by atoms with van der Waals surface area (Å²) in [4.78, 5) is 18.8. The van der Waals surface area contributed by atoms with Crippen LogP contribution in [0.25, 0.3) is 0 Å². The number of rotatable bonds is 12. The van der Waals surface area contributed by atoms with Crippen LogP contribution < -0.4 is 18.9 Å². The predicted octanol–water partition coefficient (Wildman–Crippen LogP) is 6.31. The van der Waals surface area contributed by atoms with Crippen molar-refractivity contribution < 1.29 is 18.9 Å². The number of hydrogen-bond acceptors (Lipinski definition) is 8. The molecular weight excluding hydrogens is 504 g/mol. The maximum atomic E-state index is 5.85. The SMILES string of the molecule is CCOc1cc([C@H]2[C@H](c3ccccc3)[C@H](c3cc(OCC)nc(OCC)n3)[C@H]2c2ccccc2)nc(OCC)n1. The van der Waals surface area contributed by atoms with Crippen LogP contribution >= 0.6 is 0 Å². The molecule has 1 aliphatic rings. The molecule has 8 heteroatoms. The van der Waals surface area contributed by atoms with Crippen molar-refractivity contribution in [2.24, 2.45) is 0 Å². The number of ether oxygens (including phenoxy) is 4. The van der Waals surface area contributed by atoms with Gasteiger partial charge in [-0.3, -0.25) is 0 Å². The molecule has 0 aliphatic heterocycles. The third-order valence-corrected chi connectivity index (χ3v) is 7.13. The number of aromatic nitrogens is 4. The Morgan fingerprint density at radius 3 is 1.20 bits per heavy atom. The van der Waals surface area contributed by atoms with E-state index in [1.807, 2.05) is 52.0 Å². The van der Waals surface area contributed by atoms with Gasteiger partial charge in [-0.25, -0.2) is 0 Å². The third kappa shape index (κ3) is 5.71. The minimum atomic E-state index is 0.0114. The fourth-order valence-electron chi connectivity index (χ4n) is 5.68. The number of hydrogen-bond donors (Lipinski definition) is 0. The molecule has 208 valence electrons. The summed E-state index contributed by atoms with van der Waals surface area (Å²) >= 11 is 0. The molecule has 0 N–H and O–H groups in total. The molecule has 0 unspecified atom stereocenters. The second-order valence-corrected chi connectivity index (χ2v) is 9.48. The first kappa shape index (κ1) is 27.4. The van der Waals surface area contributed by atoms with E-state index in [1.165, 1.54) is 11.1 Å². The van der Waals surface area contributed by atoms with Crippen LogP contribution in [0.15, 0.2) is 72.8 Å². The summed E-state index contributed by atoms with van der Waals surface area (Å²) in [6.45, 7) is 9.68. The van der Waals surface area contributed by atoms with E-state index in [1.54, 1.807) is 0 Å². The maximum Gasteiger partial charge on any atom is 0.319 e. The second kappa shape index (κ2) is 12.8. The van der Waals surface area contributed by atoms with Crippen molar-refractivity contribution in [3.8, 4) is 23.8 Å². The molecule has 0 atom stereocenters. The Bertz CT molecular complexity index is 1220. The van der Waals surface area contributed by atoms with Crippen LogP contribution in [-0.4, -0.2) is 46.4 Å². The van der Waals surface area contributed by atoms with Crippen molar-refractivity contribution in [2.75, 3.05) is 26.4 Å². The second-order valence-electron chi connectivity index (χ2n) is 9.48. The van der Waals surface area contributed by atoms with E-state index < -0.39 is 0 Å². The Morgan fingerprint density at radius 1 is 0.475 bits per heavy atom. The van der Waals surface area contributed by atoms with E-state index in [2.05, 4.69) is 58.5 Å². The quantitative estimate of drug-likeness (QED) is 0.207. The molecule has 2 heterocycles. The first-order valence-corrected chi connectivity index (χ1v) is 14.1. The van der Waals surface area contributed by atoms with Crippen molar-refractivity contribution in [1.82, 2.24) is 19.9 Å². The molecule has 0 saturated heterocycles. The standard InChI is InChI=1S/C32H36N4O4/c1-5-37-25-19-23(33-31(35-25)39-7-3)29-27(21-15-11-9-12-16-21)30(28(29)22-17-13-10-14-18-22)24-20-26(38-6-2)36-32(34-24)40-8-4/h9-20,27-30H,5-8H2,1-4H3/t27-,28-,29-,30-. The van der Waals surface area contributed by atoms with E-state index in [0.717, 1.165) is 11.4 Å². The molecule has 0 radical (unpaired) electrons. The minimum Gasteiger partial charge on any atom is -0.478 e. The summed E-state index contributed by atoms with van der Waals surface area (Å²) < 4.78 is 23.2. The highest BCUT2D eigenvalue weighted by atomic mass is 16.5. The van der Waals surface area contributed by atoms with Crippen molar-refractivity contribution in [2.45, 2.75) is 51.4 Å². The van der Waals surface area contributed by atoms with Gasteiger partial charge in [0.2, 0.25) is 11.8 Å². The number of nitrogens with zero attached hydrogens (tertiary/aromatic N) is 4. The highest BCUT2D eigenvalue weighted by Gasteiger charge is 2.54. The molecule has 1 saturated carbocycles. The van der Waals surface area contributed by atoms with Crippen LogP contribution in [0, 0.1) is 0 Å². The zero-order chi connectivity index (χ0) is 27.9. The number of benzene rings is 2. The Labute approximate surface area is 235 Å². The average Bonchev–Trinajstić information content (AvgIpc) is 2.94. The fourth-order valence-corrected chi connectivity index (χ4v) is 5.68. The lowest BCUT2D eigenvalue weighted by Crippen LogP contribution is -2.41. The molecule has 0 spiro atoms. The first-order valence-electron chi connectivity index (χ1n) is 14.1. The smallest absolute Gasteiger partial charge is 0.319 e. The molecular formula is C32H36N4O4. The van der Waals surface area contributed by atoms with Gasteiger partial charge in [0, 0.05) is 35.8 Å². The highest BCUT2D eigenvalue weighted by molar-refractivity contribution is 5.47. The maximum absolute atomic E-state index is 5.85. The molecule has 1 fully saturated rings. The molecule has 2 aromatic heterocycles. The Hall–Kier alpha value is -4.20. The lowest BCUT2D eigenvalue weighted by molar-refractivity contribution is 0.210. The van der Waals surface area contributed by atoms with Crippen LogP contribution in [0.4, 0.5) is 0 Å². The molecule has 8 nitrogen and oxygen atoms in total. The molecule has 4 aromatic rings. The van der Waals surface area contributed by atoms with Gasteiger partial charge in [0.05, 0.1) is 37.8 Å². The van der Waals surface area contributed by atoms with E-state index in [0.29, 0.717) is 50.2 Å². The lowest BCUT2D eigenvalue weighted by atomic mass is 9.50. The molecule has 0 amide bonds. The lowest BCUT2D eigenvalue weighted by Gasteiger charge is -2.52. The summed E-state index contributed by atoms with van der Waals surface area (Å²) in [5, 5.41) is 0. The van der Waals surface area contributed by atoms with Crippen LogP contribution in [0.3, 0.4) is 0 Å². The van der Waals surface area contributed by atoms with E-state index in [4.69, 9.17) is 28.9 Å². The summed E-state index contributed by atoms with van der Waals surface area (Å²) in [6, 6.07) is 25.6. The van der Waals surface area contributed by atoms with Crippen molar-refractivity contribution in [3.05, 3.63) is 95.3 Å². The van der Waals surface area contributed by atoms with Crippen LogP contribution in [0.1, 0.15) is 73.9 Å². The van der Waals surface area contributed by atoms with Gasteiger partial charge in [0.1, 0.15) is 0 Å². The Balaban J connectivity index is 1.70. The van der Waals surface area contributed by atoms with Crippen molar-refractivity contribution in [3.63, 3.8) is 0 Å². The minimum absolute atomic E-state index is 0.0114. The van der Waals surface area contributed by atoms with Gasteiger partial charge in [-0.15, -0.1) is 0 Å². The monoisotopic (exact) mass is 540 g/mol. The Kier molecular flexibility index (Phi) is 8.74. The van der Waals surface area contributed by atoms with E-state index >= 15 is 0 Å². The van der Waals surface area contributed by atoms with Gasteiger partial charge in [-0.1, -0.05) is 60.7 Å². The van der Waals surface area contributed by atoms with Crippen molar-refractivity contribution in [1.29, 1.82) is 0 Å². The van der Waals surface area contributed by atoms with E-state index in [-0.39, 0.29) is 23.7 Å². The van der Waals surface area contributed by atoms with Gasteiger partial charge in [0.15, 0.2) is 0 Å². The highest BCUT2D eigenvalue weighted by Crippen LogP contribution is 2.66. The fraction of sp³-hybridized carbons (Fsp3) is 0.375. The summed E-state index contributed by atoms with van der Waals surface area (Å²) in [5.74, 6) is 1.16. The van der Waals surface area contributed by atoms with Gasteiger partial charge in [0.25, 0.3) is 0 Å². The van der Waals surface area contributed by atoms with E-state index in [9.17, 15) is 0 Å². The summed E-state index contributed by atoms with van der Waals surface area (Å²) in [7, 11) is 0. The Morgan fingerprint density at radius 2 is 0.850 bits per heavy atom. The van der Waals surface area contributed by atoms with Crippen molar-refractivity contribution >= 4 is 0 Å². The first-order chi connectivity index (χ1) is 19.7. The normalized spacial score (nSPS) is 19.9. The molecule has 2 aromatic carbocycles. The largest absolute Gasteiger partial charge is 0.478 e. The average molecular weight is 541 g/mol. The topological polar surface area (TPSA) is 88.5 Å². The zero-order valence-electron chi connectivity index (χ0n) is 23.5. The zero-order valence-corrected chi connectivity index (χ0v) is 23.5. The summed E-state index contributed by atoms with van der Waals surface area (Å²) in [5.41, 5.74) is 4.16. The van der Waals surface area contributed by atoms with Gasteiger partial charge in [-0.2, -0.15) is 19.9 Å². The van der Waals surface area contributed by atoms with Gasteiger partial charge >= 0.3 is 12.0 Å². The third-order valence-electron chi connectivity index (χ3n) is 7.13. The molecule has 1 aliphatic carbocycles. The molecule has 5 rings (SSSR count). The van der Waals surface area contributed by atoms with Gasteiger partial charge in [-0.05, 0) is 38.8 Å². The molecule has 0 bridgehead atoms.